The third-order valence-corrected chi connectivity index (χ3v) is 5.46. The predicted octanol–water partition coefficient (Wildman–Crippen LogP) is 3.97. The topological polar surface area (TPSA) is 54.9 Å². The molecule has 30 heavy (non-hydrogen) atoms. The number of hydrogen-bond donors (Lipinski definition) is 0. The van der Waals surface area contributed by atoms with E-state index in [4.69, 9.17) is 9.47 Å². The van der Waals surface area contributed by atoms with Crippen LogP contribution in [0.25, 0.3) is 5.57 Å². The van der Waals surface area contributed by atoms with Gasteiger partial charge in [0, 0.05) is 38.1 Å². The first-order valence-electron chi connectivity index (χ1n) is 10.4. The van der Waals surface area contributed by atoms with Crippen molar-refractivity contribution in [2.24, 2.45) is 0 Å². The van der Waals surface area contributed by atoms with Crippen LogP contribution in [0.15, 0.2) is 61.1 Å². The molecular formula is C24H27N3O3. The van der Waals surface area contributed by atoms with Crippen molar-refractivity contribution < 1.29 is 14.3 Å². The van der Waals surface area contributed by atoms with Crippen LogP contribution in [-0.4, -0.2) is 54.0 Å². The second-order valence-corrected chi connectivity index (χ2v) is 7.48. The summed E-state index contributed by atoms with van der Waals surface area (Å²) in [6.45, 7) is 3.69. The first-order valence-corrected chi connectivity index (χ1v) is 10.4. The molecule has 156 valence electrons. The molecule has 1 aromatic heterocycles. The number of amides is 1. The monoisotopic (exact) mass is 405 g/mol. The Hall–Kier alpha value is -3.12. The number of pyridine rings is 1. The molecule has 0 unspecified atom stereocenters. The molecule has 2 aliphatic rings. The summed E-state index contributed by atoms with van der Waals surface area (Å²) in [4.78, 5) is 21.5. The van der Waals surface area contributed by atoms with Crippen molar-refractivity contribution >= 4 is 11.5 Å². The Morgan fingerprint density at radius 2 is 2.07 bits per heavy atom. The molecule has 6 nitrogen and oxygen atoms in total. The van der Waals surface area contributed by atoms with Gasteiger partial charge in [-0.25, -0.2) is 0 Å². The predicted molar refractivity (Wildman–Crippen MR) is 116 cm³/mol. The van der Waals surface area contributed by atoms with Crippen molar-refractivity contribution in [3.05, 3.63) is 72.4 Å². The Kier molecular flexibility index (Phi) is 6.44. The molecule has 2 aromatic rings. The zero-order valence-corrected chi connectivity index (χ0v) is 17.3. The van der Waals surface area contributed by atoms with Crippen LogP contribution in [0.3, 0.4) is 0 Å². The number of unbranched alkanes of at least 4 members (excludes halogenated alkanes) is 1. The quantitative estimate of drug-likeness (QED) is 0.653. The summed E-state index contributed by atoms with van der Waals surface area (Å²) in [5.41, 5.74) is 2.93. The van der Waals surface area contributed by atoms with E-state index in [-0.39, 0.29) is 5.91 Å². The standard InChI is InChI=1S/C24H27N3O3/c1-29-20-9-10-21-23(17-20)30-16-15-27(24(21)28)14-5-4-12-26-13-6-7-19(18-26)22-8-2-3-11-25-22/h2-3,7-11,15-17H,4-6,12-14,18H2,1H3. The third-order valence-electron chi connectivity index (χ3n) is 5.46. The van der Waals surface area contributed by atoms with Crippen LogP contribution in [0.1, 0.15) is 35.3 Å². The summed E-state index contributed by atoms with van der Waals surface area (Å²) in [6.07, 6.45) is 10.4. The largest absolute Gasteiger partial charge is 0.497 e. The van der Waals surface area contributed by atoms with Crippen LogP contribution in [0.5, 0.6) is 11.5 Å². The Bertz CT molecular complexity index is 940. The third kappa shape index (κ3) is 4.71. The lowest BCUT2D eigenvalue weighted by Gasteiger charge is -2.27. The number of benzene rings is 1. The maximum Gasteiger partial charge on any atom is 0.261 e. The average Bonchev–Trinajstić information content (AvgIpc) is 2.95. The normalized spacial score (nSPS) is 16.5. The maximum atomic E-state index is 12.9. The zero-order chi connectivity index (χ0) is 20.8. The molecule has 0 saturated carbocycles. The van der Waals surface area contributed by atoms with Crippen LogP contribution in [0.2, 0.25) is 0 Å². The minimum absolute atomic E-state index is 0.0419. The minimum atomic E-state index is -0.0419. The molecule has 0 N–H and O–H groups in total. The van der Waals surface area contributed by atoms with Gasteiger partial charge in [0.05, 0.1) is 18.4 Å². The molecule has 0 fully saturated rings. The molecule has 1 amide bonds. The highest BCUT2D eigenvalue weighted by atomic mass is 16.5. The highest BCUT2D eigenvalue weighted by molar-refractivity contribution is 5.98. The lowest BCUT2D eigenvalue weighted by molar-refractivity contribution is 0.0821. The van der Waals surface area contributed by atoms with Crippen molar-refractivity contribution in [2.75, 3.05) is 33.3 Å². The van der Waals surface area contributed by atoms with E-state index in [9.17, 15) is 4.79 Å². The number of carbonyl (C=O) groups is 1. The molecular weight excluding hydrogens is 378 g/mol. The Balaban J connectivity index is 1.27. The molecule has 0 bridgehead atoms. The van der Waals surface area contributed by atoms with Gasteiger partial charge in [-0.3, -0.25) is 14.7 Å². The van der Waals surface area contributed by atoms with Crippen LogP contribution in [0, 0.1) is 0 Å². The van der Waals surface area contributed by atoms with E-state index in [1.54, 1.807) is 42.7 Å². The molecule has 3 heterocycles. The van der Waals surface area contributed by atoms with E-state index in [1.807, 2.05) is 18.3 Å². The van der Waals surface area contributed by atoms with Crippen LogP contribution in [-0.2, 0) is 0 Å². The van der Waals surface area contributed by atoms with Gasteiger partial charge in [0.15, 0.2) is 0 Å². The van der Waals surface area contributed by atoms with Crippen molar-refractivity contribution in [1.82, 2.24) is 14.8 Å². The van der Waals surface area contributed by atoms with Crippen molar-refractivity contribution in [3.8, 4) is 11.5 Å². The maximum absolute atomic E-state index is 12.9. The van der Waals surface area contributed by atoms with Gasteiger partial charge in [-0.2, -0.15) is 0 Å². The summed E-state index contributed by atoms with van der Waals surface area (Å²) in [7, 11) is 1.60. The molecule has 0 radical (unpaired) electrons. The van der Waals surface area contributed by atoms with Crippen molar-refractivity contribution in [2.45, 2.75) is 19.3 Å². The van der Waals surface area contributed by atoms with E-state index in [0.717, 1.165) is 44.6 Å². The second kappa shape index (κ2) is 9.59. The summed E-state index contributed by atoms with van der Waals surface area (Å²) in [5, 5.41) is 0. The Morgan fingerprint density at radius 1 is 1.17 bits per heavy atom. The second-order valence-electron chi connectivity index (χ2n) is 7.48. The number of rotatable bonds is 7. The van der Waals surface area contributed by atoms with Gasteiger partial charge < -0.3 is 14.4 Å². The van der Waals surface area contributed by atoms with Crippen molar-refractivity contribution in [1.29, 1.82) is 0 Å². The highest BCUT2D eigenvalue weighted by Gasteiger charge is 2.21. The Morgan fingerprint density at radius 3 is 2.90 bits per heavy atom. The fourth-order valence-electron chi connectivity index (χ4n) is 3.83. The smallest absolute Gasteiger partial charge is 0.261 e. The van der Waals surface area contributed by atoms with E-state index < -0.39 is 0 Å². The van der Waals surface area contributed by atoms with Crippen molar-refractivity contribution in [3.63, 3.8) is 0 Å². The highest BCUT2D eigenvalue weighted by Crippen LogP contribution is 2.28. The number of nitrogens with zero attached hydrogens (tertiary/aromatic N) is 3. The fraction of sp³-hybridized carbons (Fsp3) is 0.333. The summed E-state index contributed by atoms with van der Waals surface area (Å²) < 4.78 is 10.8. The van der Waals surface area contributed by atoms with E-state index in [1.165, 1.54) is 5.57 Å². The SMILES string of the molecule is COc1ccc2c(c1)OC=CN(CCCCN1CCC=C(c3ccccn3)C1)C2=O. The molecule has 0 atom stereocenters. The van der Waals surface area contributed by atoms with Crippen LogP contribution < -0.4 is 9.47 Å². The van der Waals surface area contributed by atoms with Crippen LogP contribution >= 0.6 is 0 Å². The first kappa shape index (κ1) is 20.2. The molecule has 1 aromatic carbocycles. The number of fused-ring (bicyclic) bond motifs is 1. The number of methoxy groups -OCH3 is 1. The fourth-order valence-corrected chi connectivity index (χ4v) is 3.83. The minimum Gasteiger partial charge on any atom is -0.497 e. The van der Waals surface area contributed by atoms with Gasteiger partial charge in [0.25, 0.3) is 5.91 Å². The lowest BCUT2D eigenvalue weighted by atomic mass is 10.1. The first-order chi connectivity index (χ1) is 14.7. The summed E-state index contributed by atoms with van der Waals surface area (Å²) >= 11 is 0. The summed E-state index contributed by atoms with van der Waals surface area (Å²) in [6, 6.07) is 11.3. The molecule has 0 aliphatic carbocycles. The van der Waals surface area contributed by atoms with Gasteiger partial charge in [0.2, 0.25) is 0 Å². The molecule has 0 spiro atoms. The molecule has 6 heteroatoms. The number of aromatic nitrogens is 1. The van der Waals surface area contributed by atoms with E-state index in [2.05, 4.69) is 22.0 Å². The lowest BCUT2D eigenvalue weighted by Crippen LogP contribution is -2.31. The number of carbonyl (C=O) groups excluding carboxylic acids is 1. The molecule has 2 aliphatic heterocycles. The van der Waals surface area contributed by atoms with Gasteiger partial charge in [-0.05, 0) is 55.6 Å². The Labute approximate surface area is 177 Å². The summed E-state index contributed by atoms with van der Waals surface area (Å²) in [5.74, 6) is 1.16. The number of hydrogen-bond acceptors (Lipinski definition) is 5. The average molecular weight is 405 g/mol. The van der Waals surface area contributed by atoms with Gasteiger partial charge >= 0.3 is 0 Å². The molecule has 0 saturated heterocycles. The molecule has 4 rings (SSSR count). The van der Waals surface area contributed by atoms with Crippen LogP contribution in [0.4, 0.5) is 0 Å². The number of ether oxygens (including phenoxy) is 2. The zero-order valence-electron chi connectivity index (χ0n) is 17.3. The van der Waals surface area contributed by atoms with E-state index >= 15 is 0 Å². The van der Waals surface area contributed by atoms with Gasteiger partial charge in [0.1, 0.15) is 17.8 Å². The van der Waals surface area contributed by atoms with Gasteiger partial charge in [-0.1, -0.05) is 12.1 Å². The van der Waals surface area contributed by atoms with E-state index in [0.29, 0.717) is 23.6 Å². The van der Waals surface area contributed by atoms with Gasteiger partial charge in [-0.15, -0.1) is 0 Å².